The Balaban J connectivity index is 3.03. The summed E-state index contributed by atoms with van der Waals surface area (Å²) in [5.74, 6) is -1.27. The lowest BCUT2D eigenvalue weighted by atomic mass is 10.0. The summed E-state index contributed by atoms with van der Waals surface area (Å²) in [6.07, 6.45) is -0.0664. The predicted octanol–water partition coefficient (Wildman–Crippen LogP) is 0.721. The summed E-state index contributed by atoms with van der Waals surface area (Å²) in [6.45, 7) is 1.69. The molecule has 0 spiro atoms. The van der Waals surface area contributed by atoms with Gasteiger partial charge >= 0.3 is 13.7 Å². The number of carboxylic acids is 1. The van der Waals surface area contributed by atoms with Gasteiger partial charge in [-0.2, -0.15) is 4.67 Å². The van der Waals surface area contributed by atoms with Crippen LogP contribution in [0.1, 0.15) is 11.1 Å². The Morgan fingerprint density at radius 2 is 2.00 bits per heavy atom. The van der Waals surface area contributed by atoms with Gasteiger partial charge in [-0.05, 0) is 43.7 Å². The van der Waals surface area contributed by atoms with Gasteiger partial charge in [-0.1, -0.05) is 6.07 Å². The summed E-state index contributed by atoms with van der Waals surface area (Å²) >= 11 is 0. The van der Waals surface area contributed by atoms with Gasteiger partial charge in [0.15, 0.2) is 0 Å². The molecule has 19 heavy (non-hydrogen) atoms. The van der Waals surface area contributed by atoms with Crippen LogP contribution in [0.5, 0.6) is 5.75 Å². The van der Waals surface area contributed by atoms with E-state index in [0.29, 0.717) is 15.8 Å². The number of nitrogens with zero attached hydrogens (tertiary/aromatic N) is 1. The molecule has 0 aliphatic rings. The van der Waals surface area contributed by atoms with Crippen molar-refractivity contribution in [2.45, 2.75) is 19.4 Å². The molecule has 0 aliphatic carbocycles. The highest BCUT2D eigenvalue weighted by Gasteiger charge is 2.34. The van der Waals surface area contributed by atoms with Gasteiger partial charge in [0.25, 0.3) is 0 Å². The second kappa shape index (κ2) is 5.71. The molecule has 7 nitrogen and oxygen atoms in total. The van der Waals surface area contributed by atoms with Crippen molar-refractivity contribution in [1.29, 1.82) is 0 Å². The van der Waals surface area contributed by atoms with Crippen molar-refractivity contribution in [2.75, 3.05) is 7.05 Å². The van der Waals surface area contributed by atoms with Crippen LogP contribution in [-0.2, 0) is 15.8 Å². The van der Waals surface area contributed by atoms with Gasteiger partial charge in [0.1, 0.15) is 11.8 Å². The van der Waals surface area contributed by atoms with Crippen molar-refractivity contribution in [2.24, 2.45) is 0 Å². The number of aryl methyl sites for hydroxylation is 1. The summed E-state index contributed by atoms with van der Waals surface area (Å²) in [7, 11) is -3.56. The van der Waals surface area contributed by atoms with E-state index in [1.54, 1.807) is 6.92 Å². The quantitative estimate of drug-likeness (QED) is 0.590. The monoisotopic (exact) mass is 289 g/mol. The molecule has 0 saturated carbocycles. The summed E-state index contributed by atoms with van der Waals surface area (Å²) in [4.78, 5) is 29.2. The zero-order valence-corrected chi connectivity index (χ0v) is 11.4. The molecule has 0 aromatic heterocycles. The number of aromatic hydroxyl groups is 1. The lowest BCUT2D eigenvalue weighted by molar-refractivity contribution is -0.141. The standard InChI is InChI=1S/C11H16NO6P/c1-7-5-9(13)4-3-8(7)6-10(11(14)15)12(2)19(16,17)18/h3-5,10,13H,6H2,1-2H3,(H,14,15)(H2,16,17,18). The molecule has 1 unspecified atom stereocenters. The fraction of sp³-hybridized carbons (Fsp3) is 0.364. The lowest BCUT2D eigenvalue weighted by Gasteiger charge is -2.25. The smallest absolute Gasteiger partial charge is 0.403 e. The maximum atomic E-state index is 11.1. The van der Waals surface area contributed by atoms with E-state index in [-0.39, 0.29) is 12.2 Å². The lowest BCUT2D eigenvalue weighted by Crippen LogP contribution is -2.38. The average molecular weight is 289 g/mol. The molecule has 1 rings (SSSR count). The third-order valence-electron chi connectivity index (χ3n) is 2.89. The largest absolute Gasteiger partial charge is 0.508 e. The van der Waals surface area contributed by atoms with E-state index in [1.165, 1.54) is 18.2 Å². The first kappa shape index (κ1) is 15.7. The van der Waals surface area contributed by atoms with Crippen LogP contribution >= 0.6 is 7.75 Å². The van der Waals surface area contributed by atoms with Crippen molar-refractivity contribution in [3.8, 4) is 5.75 Å². The van der Waals surface area contributed by atoms with E-state index in [1.807, 2.05) is 0 Å². The number of phenols is 1. The molecule has 1 aromatic rings. The Morgan fingerprint density at radius 1 is 1.42 bits per heavy atom. The highest BCUT2D eigenvalue weighted by molar-refractivity contribution is 7.49. The van der Waals surface area contributed by atoms with Gasteiger partial charge in [-0.25, -0.2) is 4.57 Å². The number of benzene rings is 1. The second-order valence-corrected chi connectivity index (χ2v) is 5.91. The first-order chi connectivity index (χ1) is 8.62. The van der Waals surface area contributed by atoms with Crippen molar-refractivity contribution in [3.05, 3.63) is 29.3 Å². The number of hydrogen-bond donors (Lipinski definition) is 4. The van der Waals surface area contributed by atoms with E-state index in [0.717, 1.165) is 7.05 Å². The Kier molecular flexibility index (Phi) is 4.70. The minimum atomic E-state index is -4.63. The van der Waals surface area contributed by atoms with Gasteiger partial charge in [0.05, 0.1) is 0 Å². The molecule has 0 heterocycles. The Hall–Kier alpha value is -1.40. The third-order valence-corrected chi connectivity index (χ3v) is 3.99. The number of likely N-dealkylation sites (N-methyl/N-ethyl adjacent to an activating group) is 1. The molecule has 1 aromatic carbocycles. The summed E-state index contributed by atoms with van der Waals surface area (Å²) in [5.41, 5.74) is 1.26. The molecular formula is C11H16NO6P. The number of aliphatic carboxylic acids is 1. The van der Waals surface area contributed by atoms with Gasteiger partial charge in [-0.3, -0.25) is 4.79 Å². The first-order valence-corrected chi connectivity index (χ1v) is 6.99. The molecule has 0 amide bonds. The minimum absolute atomic E-state index is 0.0523. The first-order valence-electron chi connectivity index (χ1n) is 5.43. The number of rotatable bonds is 5. The van der Waals surface area contributed by atoms with E-state index < -0.39 is 19.8 Å². The van der Waals surface area contributed by atoms with Crippen LogP contribution in [0.25, 0.3) is 0 Å². The van der Waals surface area contributed by atoms with Crippen LogP contribution in [-0.4, -0.2) is 43.7 Å². The van der Waals surface area contributed by atoms with Crippen LogP contribution < -0.4 is 0 Å². The Morgan fingerprint density at radius 3 is 2.42 bits per heavy atom. The Bertz CT molecular complexity index is 526. The van der Waals surface area contributed by atoms with Gasteiger partial charge < -0.3 is 20.0 Å². The molecule has 0 bridgehead atoms. The molecule has 0 fully saturated rings. The zero-order chi connectivity index (χ0) is 14.8. The second-order valence-electron chi connectivity index (χ2n) is 4.26. The average Bonchev–Trinajstić information content (AvgIpc) is 2.25. The predicted molar refractivity (Wildman–Crippen MR) is 67.8 cm³/mol. The molecular weight excluding hydrogens is 273 g/mol. The van der Waals surface area contributed by atoms with E-state index in [9.17, 15) is 14.5 Å². The maximum Gasteiger partial charge on any atom is 0.403 e. The number of phenolic OH excluding ortho intramolecular Hbond substituents is 1. The topological polar surface area (TPSA) is 118 Å². The molecule has 4 N–H and O–H groups in total. The van der Waals surface area contributed by atoms with Crippen molar-refractivity contribution < 1.29 is 29.4 Å². The highest BCUT2D eigenvalue weighted by atomic mass is 31.2. The van der Waals surface area contributed by atoms with Crippen molar-refractivity contribution in [3.63, 3.8) is 0 Å². The number of carbonyl (C=O) groups is 1. The Labute approximate surface area is 110 Å². The van der Waals surface area contributed by atoms with Gasteiger partial charge in [-0.15, -0.1) is 0 Å². The molecule has 0 saturated heterocycles. The van der Waals surface area contributed by atoms with E-state index >= 15 is 0 Å². The zero-order valence-electron chi connectivity index (χ0n) is 10.5. The van der Waals surface area contributed by atoms with E-state index in [4.69, 9.17) is 14.9 Å². The fourth-order valence-corrected chi connectivity index (χ4v) is 2.22. The summed E-state index contributed by atoms with van der Waals surface area (Å²) < 4.78 is 11.7. The molecule has 8 heteroatoms. The van der Waals surface area contributed by atoms with Crippen LogP contribution in [0.2, 0.25) is 0 Å². The van der Waals surface area contributed by atoms with Crippen LogP contribution in [0.4, 0.5) is 0 Å². The fourth-order valence-electron chi connectivity index (χ4n) is 1.68. The van der Waals surface area contributed by atoms with Crippen molar-refractivity contribution in [1.82, 2.24) is 4.67 Å². The molecule has 1 atom stereocenters. The van der Waals surface area contributed by atoms with Crippen LogP contribution in [0, 0.1) is 6.92 Å². The van der Waals surface area contributed by atoms with Gasteiger partial charge in [0, 0.05) is 0 Å². The number of carboxylic acid groups (broad SMARTS) is 1. The van der Waals surface area contributed by atoms with Crippen molar-refractivity contribution >= 4 is 13.7 Å². The summed E-state index contributed by atoms with van der Waals surface area (Å²) in [6, 6.07) is 3.06. The SMILES string of the molecule is Cc1cc(O)ccc1CC(C(=O)O)N(C)P(=O)(O)O. The molecule has 106 valence electrons. The minimum Gasteiger partial charge on any atom is -0.508 e. The third kappa shape index (κ3) is 4.04. The number of hydrogen-bond acceptors (Lipinski definition) is 3. The molecule has 0 aliphatic heterocycles. The maximum absolute atomic E-state index is 11.1. The van der Waals surface area contributed by atoms with Crippen LogP contribution in [0.3, 0.4) is 0 Å². The van der Waals surface area contributed by atoms with E-state index in [2.05, 4.69) is 0 Å². The highest BCUT2D eigenvalue weighted by Crippen LogP contribution is 2.40. The van der Waals surface area contributed by atoms with Gasteiger partial charge in [0.2, 0.25) is 0 Å². The normalized spacial score (nSPS) is 13.5. The summed E-state index contributed by atoms with van der Waals surface area (Å²) in [5, 5.41) is 18.3. The van der Waals surface area contributed by atoms with Crippen LogP contribution in [0.15, 0.2) is 18.2 Å². The molecule has 0 radical (unpaired) electrons.